The average molecular weight is 218 g/mol. The number of hydrogen-bond acceptors (Lipinski definition) is 2. The second-order valence-corrected chi connectivity index (χ2v) is 5.03. The summed E-state index contributed by atoms with van der Waals surface area (Å²) < 4.78 is 2.07. The van der Waals surface area contributed by atoms with E-state index in [2.05, 4.69) is 27.8 Å². The standard InChI is InChI=1S/C13H18N2O/c1-9-14-11-7-10(8-13(2,3)16)5-6-12(11)15(9)4/h5-7,16H,8H2,1-4H3. The van der Waals surface area contributed by atoms with Crippen molar-refractivity contribution in [3.63, 3.8) is 0 Å². The van der Waals surface area contributed by atoms with E-state index in [4.69, 9.17) is 0 Å². The highest BCUT2D eigenvalue weighted by Crippen LogP contribution is 2.19. The Bertz CT molecular complexity index is 520. The molecule has 3 heteroatoms. The van der Waals surface area contributed by atoms with Gasteiger partial charge in [0.05, 0.1) is 16.6 Å². The van der Waals surface area contributed by atoms with E-state index in [0.717, 1.165) is 22.4 Å². The van der Waals surface area contributed by atoms with E-state index in [-0.39, 0.29) is 0 Å². The van der Waals surface area contributed by atoms with Crippen molar-refractivity contribution in [2.24, 2.45) is 7.05 Å². The Balaban J connectivity index is 2.45. The molecule has 0 spiro atoms. The third kappa shape index (κ3) is 2.09. The van der Waals surface area contributed by atoms with Crippen molar-refractivity contribution in [2.75, 3.05) is 0 Å². The highest BCUT2D eigenvalue weighted by atomic mass is 16.3. The number of nitrogens with zero attached hydrogens (tertiary/aromatic N) is 2. The molecule has 0 unspecified atom stereocenters. The lowest BCUT2D eigenvalue weighted by Gasteiger charge is -2.16. The highest BCUT2D eigenvalue weighted by molar-refractivity contribution is 5.76. The Morgan fingerprint density at radius 2 is 2.06 bits per heavy atom. The third-order valence-electron chi connectivity index (χ3n) is 2.81. The molecule has 0 bridgehead atoms. The maximum atomic E-state index is 9.78. The number of imidazole rings is 1. The van der Waals surface area contributed by atoms with Crippen molar-refractivity contribution in [1.29, 1.82) is 0 Å². The van der Waals surface area contributed by atoms with E-state index in [1.54, 1.807) is 0 Å². The van der Waals surface area contributed by atoms with E-state index in [1.165, 1.54) is 0 Å². The van der Waals surface area contributed by atoms with Gasteiger partial charge in [-0.05, 0) is 38.5 Å². The molecular weight excluding hydrogens is 200 g/mol. The smallest absolute Gasteiger partial charge is 0.106 e. The van der Waals surface area contributed by atoms with E-state index < -0.39 is 5.60 Å². The number of hydrogen-bond donors (Lipinski definition) is 1. The molecule has 0 radical (unpaired) electrons. The fourth-order valence-electron chi connectivity index (χ4n) is 1.98. The van der Waals surface area contributed by atoms with Crippen molar-refractivity contribution >= 4 is 11.0 Å². The zero-order valence-electron chi connectivity index (χ0n) is 10.3. The molecule has 1 aromatic heterocycles. The van der Waals surface area contributed by atoms with Crippen LogP contribution in [0, 0.1) is 6.92 Å². The fourth-order valence-corrected chi connectivity index (χ4v) is 1.98. The quantitative estimate of drug-likeness (QED) is 0.839. The molecule has 1 heterocycles. The van der Waals surface area contributed by atoms with Gasteiger partial charge in [-0.1, -0.05) is 6.07 Å². The number of benzene rings is 1. The molecule has 86 valence electrons. The first kappa shape index (κ1) is 11.1. The van der Waals surface area contributed by atoms with Crippen LogP contribution < -0.4 is 0 Å². The zero-order chi connectivity index (χ0) is 11.9. The molecule has 0 amide bonds. The van der Waals surface area contributed by atoms with Crippen LogP contribution >= 0.6 is 0 Å². The summed E-state index contributed by atoms with van der Waals surface area (Å²) in [4.78, 5) is 4.48. The number of aromatic nitrogens is 2. The van der Waals surface area contributed by atoms with Crippen molar-refractivity contribution < 1.29 is 5.11 Å². The minimum atomic E-state index is -0.669. The van der Waals surface area contributed by atoms with Gasteiger partial charge in [0.1, 0.15) is 5.82 Å². The van der Waals surface area contributed by atoms with Crippen LogP contribution in [0.2, 0.25) is 0 Å². The number of rotatable bonds is 2. The molecule has 3 nitrogen and oxygen atoms in total. The first-order valence-electron chi connectivity index (χ1n) is 5.51. The first-order chi connectivity index (χ1) is 7.37. The second kappa shape index (κ2) is 3.59. The summed E-state index contributed by atoms with van der Waals surface area (Å²) in [6.45, 7) is 5.64. The molecule has 0 saturated heterocycles. The molecule has 0 saturated carbocycles. The molecule has 0 fully saturated rings. The zero-order valence-corrected chi connectivity index (χ0v) is 10.3. The highest BCUT2D eigenvalue weighted by Gasteiger charge is 2.14. The normalized spacial score (nSPS) is 12.3. The summed E-state index contributed by atoms with van der Waals surface area (Å²) in [5, 5.41) is 9.78. The van der Waals surface area contributed by atoms with Gasteiger partial charge in [0.15, 0.2) is 0 Å². The van der Waals surface area contributed by atoms with Crippen molar-refractivity contribution in [3.05, 3.63) is 29.6 Å². The van der Waals surface area contributed by atoms with Crippen LogP contribution in [-0.2, 0) is 13.5 Å². The number of aryl methyl sites for hydroxylation is 2. The molecule has 2 rings (SSSR count). The van der Waals surface area contributed by atoms with Crippen LogP contribution in [0.3, 0.4) is 0 Å². The SMILES string of the molecule is Cc1nc2cc(CC(C)(C)O)ccc2n1C. The minimum Gasteiger partial charge on any atom is -0.390 e. The van der Waals surface area contributed by atoms with Crippen LogP contribution in [0.5, 0.6) is 0 Å². The van der Waals surface area contributed by atoms with Gasteiger partial charge in [0.25, 0.3) is 0 Å². The molecule has 2 aromatic rings. The summed E-state index contributed by atoms with van der Waals surface area (Å²) in [6, 6.07) is 6.18. The van der Waals surface area contributed by atoms with Crippen molar-refractivity contribution in [1.82, 2.24) is 9.55 Å². The van der Waals surface area contributed by atoms with Gasteiger partial charge in [-0.15, -0.1) is 0 Å². The predicted octanol–water partition coefficient (Wildman–Crippen LogP) is 2.20. The van der Waals surface area contributed by atoms with Gasteiger partial charge < -0.3 is 9.67 Å². The molecule has 1 N–H and O–H groups in total. The third-order valence-corrected chi connectivity index (χ3v) is 2.81. The number of fused-ring (bicyclic) bond motifs is 1. The lowest BCUT2D eigenvalue weighted by atomic mass is 9.98. The van der Waals surface area contributed by atoms with Crippen LogP contribution in [0.4, 0.5) is 0 Å². The summed E-state index contributed by atoms with van der Waals surface area (Å²) in [7, 11) is 2.01. The Kier molecular flexibility index (Phi) is 2.50. The lowest BCUT2D eigenvalue weighted by Crippen LogP contribution is -2.21. The van der Waals surface area contributed by atoms with E-state index in [1.807, 2.05) is 27.8 Å². The van der Waals surface area contributed by atoms with E-state index in [9.17, 15) is 5.11 Å². The van der Waals surface area contributed by atoms with Gasteiger partial charge in [0.2, 0.25) is 0 Å². The summed E-state index contributed by atoms with van der Waals surface area (Å²) in [5.74, 6) is 1.01. The van der Waals surface area contributed by atoms with Crippen molar-refractivity contribution in [2.45, 2.75) is 32.8 Å². The molecule has 0 atom stereocenters. The van der Waals surface area contributed by atoms with E-state index >= 15 is 0 Å². The van der Waals surface area contributed by atoms with Crippen LogP contribution in [0.1, 0.15) is 25.2 Å². The van der Waals surface area contributed by atoms with Gasteiger partial charge in [-0.25, -0.2) is 4.98 Å². The predicted molar refractivity (Wildman–Crippen MR) is 65.5 cm³/mol. The maximum Gasteiger partial charge on any atom is 0.106 e. The monoisotopic (exact) mass is 218 g/mol. The Morgan fingerprint density at radius 1 is 1.38 bits per heavy atom. The van der Waals surface area contributed by atoms with Crippen LogP contribution in [0.25, 0.3) is 11.0 Å². The molecular formula is C13H18N2O. The van der Waals surface area contributed by atoms with Crippen LogP contribution in [0.15, 0.2) is 18.2 Å². The molecule has 0 aliphatic rings. The minimum absolute atomic E-state index is 0.651. The Hall–Kier alpha value is -1.35. The van der Waals surface area contributed by atoms with Crippen molar-refractivity contribution in [3.8, 4) is 0 Å². The van der Waals surface area contributed by atoms with Gasteiger partial charge in [-0.3, -0.25) is 0 Å². The molecule has 0 aliphatic carbocycles. The number of aliphatic hydroxyl groups is 1. The largest absolute Gasteiger partial charge is 0.390 e. The van der Waals surface area contributed by atoms with Gasteiger partial charge in [0, 0.05) is 13.5 Å². The Labute approximate surface area is 95.7 Å². The molecule has 1 aromatic carbocycles. The topological polar surface area (TPSA) is 38.1 Å². The molecule has 0 aliphatic heterocycles. The summed E-state index contributed by atoms with van der Waals surface area (Å²) >= 11 is 0. The molecule has 16 heavy (non-hydrogen) atoms. The first-order valence-corrected chi connectivity index (χ1v) is 5.51. The fraction of sp³-hybridized carbons (Fsp3) is 0.462. The second-order valence-electron chi connectivity index (χ2n) is 5.03. The summed E-state index contributed by atoms with van der Waals surface area (Å²) in [6.07, 6.45) is 0.651. The lowest BCUT2D eigenvalue weighted by molar-refractivity contribution is 0.0810. The average Bonchev–Trinajstić information content (AvgIpc) is 2.40. The van der Waals surface area contributed by atoms with Crippen LogP contribution in [-0.4, -0.2) is 20.3 Å². The maximum absolute atomic E-state index is 9.78. The van der Waals surface area contributed by atoms with E-state index in [0.29, 0.717) is 6.42 Å². The van der Waals surface area contributed by atoms with Gasteiger partial charge >= 0.3 is 0 Å². The van der Waals surface area contributed by atoms with Gasteiger partial charge in [-0.2, -0.15) is 0 Å². The Morgan fingerprint density at radius 3 is 2.69 bits per heavy atom. The summed E-state index contributed by atoms with van der Waals surface area (Å²) in [5.41, 5.74) is 2.59.